The van der Waals surface area contributed by atoms with E-state index in [0.717, 1.165) is 17.0 Å². The molecule has 0 saturated carbocycles. The molecule has 1 amide bonds. The van der Waals surface area contributed by atoms with Crippen LogP contribution in [0.25, 0.3) is 0 Å². The third-order valence-electron chi connectivity index (χ3n) is 2.66. The maximum atomic E-state index is 13.3. The number of benzene rings is 1. The first-order valence-electron chi connectivity index (χ1n) is 5.07. The highest BCUT2D eigenvalue weighted by Gasteiger charge is 2.32. The summed E-state index contributed by atoms with van der Waals surface area (Å²) in [6.07, 6.45) is -1.37. The van der Waals surface area contributed by atoms with Gasteiger partial charge in [-0.3, -0.25) is 4.90 Å². The molecule has 92 valence electrons. The van der Waals surface area contributed by atoms with Gasteiger partial charge in [-0.1, -0.05) is 0 Å². The molecule has 1 fully saturated rings. The molecule has 1 unspecified atom stereocenters. The van der Waals surface area contributed by atoms with E-state index in [1.807, 2.05) is 0 Å². The fourth-order valence-corrected chi connectivity index (χ4v) is 1.62. The number of aliphatic hydroxyl groups excluding tert-OH is 1. The number of anilines is 1. The number of aliphatic hydroxyl groups is 1. The van der Waals surface area contributed by atoms with Crippen molar-refractivity contribution in [2.24, 2.45) is 0 Å². The third kappa shape index (κ3) is 2.08. The zero-order valence-electron chi connectivity index (χ0n) is 9.11. The summed E-state index contributed by atoms with van der Waals surface area (Å²) >= 11 is 0. The van der Waals surface area contributed by atoms with Crippen LogP contribution >= 0.6 is 0 Å². The minimum absolute atomic E-state index is 0.0806. The van der Waals surface area contributed by atoms with Gasteiger partial charge in [-0.25, -0.2) is 13.6 Å². The predicted molar refractivity (Wildman–Crippen MR) is 55.8 cm³/mol. The average molecular weight is 243 g/mol. The molecule has 1 heterocycles. The van der Waals surface area contributed by atoms with Gasteiger partial charge in [0.15, 0.2) is 0 Å². The van der Waals surface area contributed by atoms with E-state index in [9.17, 15) is 13.6 Å². The van der Waals surface area contributed by atoms with Gasteiger partial charge in [0.1, 0.15) is 17.7 Å². The van der Waals surface area contributed by atoms with Crippen LogP contribution in [-0.4, -0.2) is 30.5 Å². The number of amides is 1. The summed E-state index contributed by atoms with van der Waals surface area (Å²) in [7, 11) is 0. The van der Waals surface area contributed by atoms with E-state index in [4.69, 9.17) is 9.84 Å². The molecule has 0 spiro atoms. The minimum Gasteiger partial charge on any atom is -0.441 e. The third-order valence-corrected chi connectivity index (χ3v) is 2.66. The zero-order valence-corrected chi connectivity index (χ0v) is 9.11. The SMILES string of the molecule is Cc1c(F)cc(N2CC(CO)OC2=O)cc1F. The molecule has 0 aromatic heterocycles. The Morgan fingerprint density at radius 1 is 1.47 bits per heavy atom. The van der Waals surface area contributed by atoms with Crippen molar-refractivity contribution >= 4 is 11.8 Å². The quantitative estimate of drug-likeness (QED) is 0.858. The molecular weight excluding hydrogens is 232 g/mol. The van der Waals surface area contributed by atoms with E-state index in [2.05, 4.69) is 0 Å². The summed E-state index contributed by atoms with van der Waals surface area (Å²) in [6, 6.07) is 2.14. The summed E-state index contributed by atoms with van der Waals surface area (Å²) in [5.41, 5.74) is -0.00780. The van der Waals surface area contributed by atoms with E-state index < -0.39 is 23.8 Å². The lowest BCUT2D eigenvalue weighted by Gasteiger charge is -2.13. The minimum atomic E-state index is -0.722. The molecule has 1 aliphatic rings. The van der Waals surface area contributed by atoms with Gasteiger partial charge in [0, 0.05) is 5.56 Å². The molecule has 4 nitrogen and oxygen atoms in total. The summed E-state index contributed by atoms with van der Waals surface area (Å²) < 4.78 is 31.4. The predicted octanol–water partition coefficient (Wildman–Crippen LogP) is 1.59. The number of carbonyl (C=O) groups excluding carboxylic acids is 1. The summed E-state index contributed by atoms with van der Waals surface area (Å²) in [6.45, 7) is 1.07. The number of halogens is 2. The molecule has 2 rings (SSSR count). The van der Waals surface area contributed by atoms with Crippen LogP contribution in [0.15, 0.2) is 12.1 Å². The topological polar surface area (TPSA) is 49.8 Å². The number of carbonyl (C=O) groups is 1. The van der Waals surface area contributed by atoms with Crippen molar-refractivity contribution in [2.45, 2.75) is 13.0 Å². The lowest BCUT2D eigenvalue weighted by molar-refractivity contribution is 0.0963. The van der Waals surface area contributed by atoms with Crippen LogP contribution in [0.3, 0.4) is 0 Å². The van der Waals surface area contributed by atoms with Gasteiger partial charge in [0.05, 0.1) is 18.8 Å². The van der Waals surface area contributed by atoms with Gasteiger partial charge in [-0.05, 0) is 19.1 Å². The van der Waals surface area contributed by atoms with E-state index in [1.54, 1.807) is 0 Å². The van der Waals surface area contributed by atoms with Crippen LogP contribution in [0.2, 0.25) is 0 Å². The summed E-state index contributed by atoms with van der Waals surface area (Å²) in [5.74, 6) is -1.44. The van der Waals surface area contributed by atoms with Gasteiger partial charge in [-0.15, -0.1) is 0 Å². The Labute approximate surface area is 96.4 Å². The van der Waals surface area contributed by atoms with Gasteiger partial charge in [0.2, 0.25) is 0 Å². The van der Waals surface area contributed by atoms with Gasteiger partial charge in [-0.2, -0.15) is 0 Å². The molecule has 0 aliphatic carbocycles. The normalized spacial score (nSPS) is 19.6. The Morgan fingerprint density at radius 2 is 2.06 bits per heavy atom. The van der Waals surface area contributed by atoms with E-state index >= 15 is 0 Å². The van der Waals surface area contributed by atoms with Crippen molar-refractivity contribution < 1.29 is 23.4 Å². The smallest absolute Gasteiger partial charge is 0.414 e. The lowest BCUT2D eigenvalue weighted by Crippen LogP contribution is -2.25. The highest BCUT2D eigenvalue weighted by molar-refractivity contribution is 5.89. The number of hydrogen-bond acceptors (Lipinski definition) is 3. The summed E-state index contributed by atoms with van der Waals surface area (Å²) in [4.78, 5) is 12.5. The van der Waals surface area contributed by atoms with E-state index in [0.29, 0.717) is 0 Å². The molecule has 1 atom stereocenters. The van der Waals surface area contributed by atoms with Crippen molar-refractivity contribution in [2.75, 3.05) is 18.1 Å². The first-order valence-corrected chi connectivity index (χ1v) is 5.07. The number of hydrogen-bond donors (Lipinski definition) is 1. The molecule has 6 heteroatoms. The first kappa shape index (κ1) is 11.8. The Balaban J connectivity index is 2.32. The van der Waals surface area contributed by atoms with Crippen molar-refractivity contribution in [3.63, 3.8) is 0 Å². The number of nitrogens with zero attached hydrogens (tertiary/aromatic N) is 1. The van der Waals surface area contributed by atoms with Crippen LogP contribution in [0, 0.1) is 18.6 Å². The largest absolute Gasteiger partial charge is 0.441 e. The Morgan fingerprint density at radius 3 is 2.53 bits per heavy atom. The highest BCUT2D eigenvalue weighted by Crippen LogP contribution is 2.25. The van der Waals surface area contributed by atoms with Crippen LogP contribution in [0.5, 0.6) is 0 Å². The molecule has 1 aromatic rings. The van der Waals surface area contributed by atoms with Crippen molar-refractivity contribution in [1.29, 1.82) is 0 Å². The fraction of sp³-hybridized carbons (Fsp3) is 0.364. The molecule has 1 saturated heterocycles. The number of rotatable bonds is 2. The number of ether oxygens (including phenoxy) is 1. The summed E-state index contributed by atoms with van der Waals surface area (Å²) in [5, 5.41) is 8.85. The second kappa shape index (κ2) is 4.29. The first-order chi connectivity index (χ1) is 8.02. The van der Waals surface area contributed by atoms with Crippen molar-refractivity contribution in [3.8, 4) is 0 Å². The Bertz CT molecular complexity index is 441. The van der Waals surface area contributed by atoms with Crippen molar-refractivity contribution in [1.82, 2.24) is 0 Å². The fourth-order valence-electron chi connectivity index (χ4n) is 1.62. The lowest BCUT2D eigenvalue weighted by atomic mass is 10.2. The van der Waals surface area contributed by atoms with Gasteiger partial charge in [0.25, 0.3) is 0 Å². The molecule has 0 radical (unpaired) electrons. The van der Waals surface area contributed by atoms with E-state index in [1.165, 1.54) is 6.92 Å². The standard InChI is InChI=1S/C11H11F2NO3/c1-6-9(12)2-7(3-10(6)13)14-4-8(5-15)17-11(14)16/h2-3,8,15H,4-5H2,1H3. The second-order valence-corrected chi connectivity index (χ2v) is 3.83. The van der Waals surface area contributed by atoms with Gasteiger partial charge < -0.3 is 9.84 Å². The Hall–Kier alpha value is -1.69. The van der Waals surface area contributed by atoms with Crippen LogP contribution in [0.4, 0.5) is 19.3 Å². The van der Waals surface area contributed by atoms with Crippen molar-refractivity contribution in [3.05, 3.63) is 29.3 Å². The molecule has 0 bridgehead atoms. The van der Waals surface area contributed by atoms with Gasteiger partial charge >= 0.3 is 6.09 Å². The molecular formula is C11H11F2NO3. The molecule has 1 aromatic carbocycles. The van der Waals surface area contributed by atoms with Crippen LogP contribution in [0.1, 0.15) is 5.56 Å². The molecule has 1 N–H and O–H groups in total. The second-order valence-electron chi connectivity index (χ2n) is 3.83. The number of cyclic esters (lactones) is 1. The Kier molecular flexibility index (Phi) is 2.97. The molecule has 1 aliphatic heterocycles. The van der Waals surface area contributed by atoms with Crippen LogP contribution < -0.4 is 4.90 Å². The van der Waals surface area contributed by atoms with Crippen LogP contribution in [-0.2, 0) is 4.74 Å². The van der Waals surface area contributed by atoms with E-state index in [-0.39, 0.29) is 24.4 Å². The average Bonchev–Trinajstić information content (AvgIpc) is 2.67. The maximum Gasteiger partial charge on any atom is 0.414 e. The zero-order chi connectivity index (χ0) is 12.6. The maximum absolute atomic E-state index is 13.3. The molecule has 17 heavy (non-hydrogen) atoms. The highest BCUT2D eigenvalue weighted by atomic mass is 19.1. The monoisotopic (exact) mass is 243 g/mol.